The highest BCUT2D eigenvalue weighted by Crippen LogP contribution is 2.19. The van der Waals surface area contributed by atoms with Crippen molar-refractivity contribution in [2.24, 2.45) is 0 Å². The van der Waals surface area contributed by atoms with Gasteiger partial charge in [-0.3, -0.25) is 4.98 Å². The highest BCUT2D eigenvalue weighted by Gasteiger charge is 1.97. The lowest BCUT2D eigenvalue weighted by atomic mass is 10.3. The summed E-state index contributed by atoms with van der Waals surface area (Å²) in [7, 11) is 0. The highest BCUT2D eigenvalue weighted by atomic mass is 79.9. The van der Waals surface area contributed by atoms with Gasteiger partial charge in [0.15, 0.2) is 0 Å². The number of hydrogen-bond acceptors (Lipinski definition) is 3. The van der Waals surface area contributed by atoms with Crippen molar-refractivity contribution >= 4 is 33.4 Å². The van der Waals surface area contributed by atoms with Crippen LogP contribution >= 0.6 is 27.7 Å². The lowest BCUT2D eigenvalue weighted by Gasteiger charge is -2.07. The van der Waals surface area contributed by atoms with E-state index < -0.39 is 0 Å². The molecule has 17 heavy (non-hydrogen) atoms. The van der Waals surface area contributed by atoms with Crippen molar-refractivity contribution < 1.29 is 0 Å². The Labute approximate surface area is 114 Å². The van der Waals surface area contributed by atoms with Crippen molar-refractivity contribution in [1.29, 1.82) is 0 Å². The van der Waals surface area contributed by atoms with Crippen LogP contribution in [-0.2, 0) is 6.54 Å². The lowest BCUT2D eigenvalue weighted by molar-refractivity contribution is 1.04. The summed E-state index contributed by atoms with van der Waals surface area (Å²) in [5, 5.41) is 3.36. The standard InChI is InChI=1S/C13H13BrN2S/c1-17-13-4-2-3-11(7-13)16-9-12-6-5-10(14)8-15-12/h2-8,16H,9H2,1H3. The maximum absolute atomic E-state index is 4.32. The molecule has 1 heterocycles. The monoisotopic (exact) mass is 308 g/mol. The van der Waals surface area contributed by atoms with Crippen LogP contribution in [0.4, 0.5) is 5.69 Å². The Kier molecular flexibility index (Phi) is 4.45. The van der Waals surface area contributed by atoms with Gasteiger partial charge in [-0.15, -0.1) is 11.8 Å². The molecule has 1 N–H and O–H groups in total. The average Bonchev–Trinajstić information content (AvgIpc) is 2.38. The van der Waals surface area contributed by atoms with E-state index in [-0.39, 0.29) is 0 Å². The average molecular weight is 309 g/mol. The Morgan fingerprint density at radius 1 is 1.29 bits per heavy atom. The van der Waals surface area contributed by atoms with Gasteiger partial charge < -0.3 is 5.32 Å². The van der Waals surface area contributed by atoms with E-state index in [9.17, 15) is 0 Å². The van der Waals surface area contributed by atoms with Crippen molar-refractivity contribution in [1.82, 2.24) is 4.98 Å². The largest absolute Gasteiger partial charge is 0.379 e. The first-order valence-electron chi connectivity index (χ1n) is 5.26. The molecule has 0 fully saturated rings. The van der Waals surface area contributed by atoms with E-state index in [4.69, 9.17) is 0 Å². The zero-order chi connectivity index (χ0) is 12.1. The number of anilines is 1. The van der Waals surface area contributed by atoms with Crippen molar-refractivity contribution in [2.45, 2.75) is 11.4 Å². The van der Waals surface area contributed by atoms with Crippen molar-refractivity contribution in [3.63, 3.8) is 0 Å². The predicted octanol–water partition coefficient (Wildman–Crippen LogP) is 4.18. The van der Waals surface area contributed by atoms with Gasteiger partial charge in [0.1, 0.15) is 0 Å². The Morgan fingerprint density at radius 3 is 2.88 bits per heavy atom. The zero-order valence-electron chi connectivity index (χ0n) is 9.48. The molecule has 1 aromatic carbocycles. The van der Waals surface area contributed by atoms with Crippen LogP contribution in [0, 0.1) is 0 Å². The fraction of sp³-hybridized carbons (Fsp3) is 0.154. The predicted molar refractivity (Wildman–Crippen MR) is 77.5 cm³/mol. The first kappa shape index (κ1) is 12.5. The molecule has 88 valence electrons. The fourth-order valence-electron chi connectivity index (χ4n) is 1.44. The number of benzene rings is 1. The second-order valence-corrected chi connectivity index (χ2v) is 5.35. The van der Waals surface area contributed by atoms with Crippen LogP contribution in [0.2, 0.25) is 0 Å². The smallest absolute Gasteiger partial charge is 0.0595 e. The van der Waals surface area contributed by atoms with Crippen LogP contribution in [0.15, 0.2) is 52.0 Å². The van der Waals surface area contributed by atoms with Gasteiger partial charge in [0, 0.05) is 21.3 Å². The molecule has 0 bridgehead atoms. The van der Waals surface area contributed by atoms with E-state index in [1.807, 2.05) is 18.3 Å². The van der Waals surface area contributed by atoms with Gasteiger partial charge in [-0.2, -0.15) is 0 Å². The minimum absolute atomic E-state index is 0.741. The van der Waals surface area contributed by atoms with Crippen LogP contribution in [0.3, 0.4) is 0 Å². The number of nitrogens with zero attached hydrogens (tertiary/aromatic N) is 1. The van der Waals surface area contributed by atoms with Crippen molar-refractivity contribution in [2.75, 3.05) is 11.6 Å². The molecule has 0 unspecified atom stereocenters. The van der Waals surface area contributed by atoms with Crippen LogP contribution in [0.25, 0.3) is 0 Å². The number of rotatable bonds is 4. The van der Waals surface area contributed by atoms with Gasteiger partial charge in [-0.05, 0) is 52.5 Å². The third-order valence-electron chi connectivity index (χ3n) is 2.33. The van der Waals surface area contributed by atoms with E-state index >= 15 is 0 Å². The summed E-state index contributed by atoms with van der Waals surface area (Å²) in [6.45, 7) is 0.741. The summed E-state index contributed by atoms with van der Waals surface area (Å²) in [4.78, 5) is 5.58. The van der Waals surface area contributed by atoms with Crippen LogP contribution < -0.4 is 5.32 Å². The number of nitrogens with one attached hydrogen (secondary N) is 1. The summed E-state index contributed by atoms with van der Waals surface area (Å²) < 4.78 is 1.01. The molecule has 2 aromatic rings. The second kappa shape index (κ2) is 6.07. The first-order chi connectivity index (χ1) is 8.28. The molecule has 0 aliphatic carbocycles. The van der Waals surface area contributed by atoms with E-state index in [1.165, 1.54) is 4.90 Å². The molecule has 0 amide bonds. The van der Waals surface area contributed by atoms with Gasteiger partial charge in [-0.25, -0.2) is 0 Å². The van der Waals surface area contributed by atoms with E-state index in [2.05, 4.69) is 56.8 Å². The molecular weight excluding hydrogens is 296 g/mol. The quantitative estimate of drug-likeness (QED) is 0.858. The summed E-state index contributed by atoms with van der Waals surface area (Å²) in [5.74, 6) is 0. The molecule has 2 nitrogen and oxygen atoms in total. The zero-order valence-corrected chi connectivity index (χ0v) is 11.9. The van der Waals surface area contributed by atoms with Crippen LogP contribution in [-0.4, -0.2) is 11.2 Å². The molecule has 0 radical (unpaired) electrons. The Morgan fingerprint density at radius 2 is 2.18 bits per heavy atom. The number of hydrogen-bond donors (Lipinski definition) is 1. The fourth-order valence-corrected chi connectivity index (χ4v) is 2.13. The second-order valence-electron chi connectivity index (χ2n) is 3.55. The molecule has 0 saturated heterocycles. The molecule has 0 atom stereocenters. The number of halogens is 1. The van der Waals surface area contributed by atoms with E-state index in [0.29, 0.717) is 0 Å². The Bertz CT molecular complexity index is 485. The molecule has 0 saturated carbocycles. The molecule has 0 aliphatic rings. The summed E-state index contributed by atoms with van der Waals surface area (Å²) in [6, 6.07) is 12.4. The SMILES string of the molecule is CSc1cccc(NCc2ccc(Br)cn2)c1. The number of thioether (sulfide) groups is 1. The summed E-state index contributed by atoms with van der Waals surface area (Å²) in [6.07, 6.45) is 3.89. The summed E-state index contributed by atoms with van der Waals surface area (Å²) >= 11 is 5.12. The normalized spacial score (nSPS) is 10.2. The summed E-state index contributed by atoms with van der Waals surface area (Å²) in [5.41, 5.74) is 2.16. The third kappa shape index (κ3) is 3.75. The molecule has 0 spiro atoms. The topological polar surface area (TPSA) is 24.9 Å². The van der Waals surface area contributed by atoms with Gasteiger partial charge >= 0.3 is 0 Å². The first-order valence-corrected chi connectivity index (χ1v) is 7.28. The molecule has 0 aliphatic heterocycles. The maximum atomic E-state index is 4.32. The van der Waals surface area contributed by atoms with E-state index in [1.54, 1.807) is 11.8 Å². The Balaban J connectivity index is 1.99. The molecule has 2 rings (SSSR count). The molecule has 1 aromatic heterocycles. The van der Waals surface area contributed by atoms with E-state index in [0.717, 1.165) is 22.4 Å². The third-order valence-corrected chi connectivity index (χ3v) is 3.53. The Hall–Kier alpha value is -1.00. The van der Waals surface area contributed by atoms with Gasteiger partial charge in [0.25, 0.3) is 0 Å². The molecular formula is C13H13BrN2S. The van der Waals surface area contributed by atoms with Crippen molar-refractivity contribution in [3.05, 3.63) is 52.8 Å². The molecule has 4 heteroatoms. The van der Waals surface area contributed by atoms with Gasteiger partial charge in [0.2, 0.25) is 0 Å². The van der Waals surface area contributed by atoms with Gasteiger partial charge in [-0.1, -0.05) is 6.07 Å². The van der Waals surface area contributed by atoms with Gasteiger partial charge in [0.05, 0.1) is 12.2 Å². The lowest BCUT2D eigenvalue weighted by Crippen LogP contribution is -2.01. The minimum atomic E-state index is 0.741. The number of pyridine rings is 1. The van der Waals surface area contributed by atoms with Crippen LogP contribution in [0.1, 0.15) is 5.69 Å². The highest BCUT2D eigenvalue weighted by molar-refractivity contribution is 9.10. The van der Waals surface area contributed by atoms with Crippen molar-refractivity contribution in [3.8, 4) is 0 Å². The minimum Gasteiger partial charge on any atom is -0.379 e. The van der Waals surface area contributed by atoms with Crippen LogP contribution in [0.5, 0.6) is 0 Å². The maximum Gasteiger partial charge on any atom is 0.0595 e. The number of aromatic nitrogens is 1.